The van der Waals surface area contributed by atoms with Gasteiger partial charge in [-0.3, -0.25) is 24.3 Å². The van der Waals surface area contributed by atoms with E-state index in [1.165, 1.54) is 4.90 Å². The Labute approximate surface area is 173 Å². The molecule has 30 heavy (non-hydrogen) atoms. The number of fused-ring (bicyclic) bond motifs is 4. The molecule has 2 aliphatic heterocycles. The van der Waals surface area contributed by atoms with E-state index < -0.39 is 5.66 Å². The van der Waals surface area contributed by atoms with Crippen molar-refractivity contribution in [1.29, 1.82) is 0 Å². The van der Waals surface area contributed by atoms with E-state index in [0.717, 1.165) is 5.39 Å². The Morgan fingerprint density at radius 3 is 2.77 bits per heavy atom. The molecular formula is C23H20N4O3. The molecule has 1 fully saturated rings. The zero-order valence-electron chi connectivity index (χ0n) is 16.5. The van der Waals surface area contributed by atoms with Gasteiger partial charge in [0, 0.05) is 18.0 Å². The van der Waals surface area contributed by atoms with Crippen LogP contribution in [0.5, 0.6) is 0 Å². The molecule has 1 aromatic heterocycles. The SMILES string of the molecule is CC12CCC(=O)N1c1ccccc1C(=O)N2CC(=O)Nc1cccc2cccnc12. The molecule has 2 aromatic carbocycles. The molecule has 150 valence electrons. The molecular weight excluding hydrogens is 380 g/mol. The predicted molar refractivity (Wildman–Crippen MR) is 113 cm³/mol. The molecule has 1 unspecified atom stereocenters. The number of amides is 3. The molecule has 1 atom stereocenters. The van der Waals surface area contributed by atoms with E-state index >= 15 is 0 Å². The van der Waals surface area contributed by atoms with Gasteiger partial charge < -0.3 is 10.2 Å². The fraction of sp³-hybridized carbons (Fsp3) is 0.217. The summed E-state index contributed by atoms with van der Waals surface area (Å²) in [6, 6.07) is 16.4. The van der Waals surface area contributed by atoms with Gasteiger partial charge in [-0.05, 0) is 37.6 Å². The molecule has 0 bridgehead atoms. The zero-order chi connectivity index (χ0) is 20.9. The second-order valence-electron chi connectivity index (χ2n) is 7.78. The van der Waals surface area contributed by atoms with Crippen molar-refractivity contribution >= 4 is 40.0 Å². The Bertz CT molecular complexity index is 1200. The van der Waals surface area contributed by atoms with Crippen LogP contribution in [0.15, 0.2) is 60.8 Å². The fourth-order valence-electron chi connectivity index (χ4n) is 4.48. The van der Waals surface area contributed by atoms with Crippen LogP contribution in [0.4, 0.5) is 11.4 Å². The van der Waals surface area contributed by atoms with E-state index in [2.05, 4.69) is 10.3 Å². The minimum atomic E-state index is -0.864. The van der Waals surface area contributed by atoms with Crippen molar-refractivity contribution in [2.45, 2.75) is 25.4 Å². The molecule has 0 aliphatic carbocycles. The Hall–Kier alpha value is -3.74. The molecule has 0 radical (unpaired) electrons. The van der Waals surface area contributed by atoms with Gasteiger partial charge in [-0.15, -0.1) is 0 Å². The number of nitrogens with one attached hydrogen (secondary N) is 1. The molecule has 0 saturated carbocycles. The number of hydrogen-bond donors (Lipinski definition) is 1. The van der Waals surface area contributed by atoms with Crippen LogP contribution in [0.3, 0.4) is 0 Å². The number of carbonyl (C=O) groups is 3. The third-order valence-corrected chi connectivity index (χ3v) is 5.95. The fourth-order valence-corrected chi connectivity index (χ4v) is 4.48. The van der Waals surface area contributed by atoms with Crippen LogP contribution in [0, 0.1) is 0 Å². The molecule has 1 N–H and O–H groups in total. The van der Waals surface area contributed by atoms with Crippen molar-refractivity contribution < 1.29 is 14.4 Å². The molecule has 3 amide bonds. The number of pyridine rings is 1. The minimum absolute atomic E-state index is 0.0406. The van der Waals surface area contributed by atoms with Crippen molar-refractivity contribution in [2.24, 2.45) is 0 Å². The van der Waals surface area contributed by atoms with Gasteiger partial charge in [0.05, 0.1) is 22.5 Å². The van der Waals surface area contributed by atoms with Crippen molar-refractivity contribution in [1.82, 2.24) is 9.88 Å². The highest BCUT2D eigenvalue weighted by Crippen LogP contribution is 2.43. The number of anilines is 2. The molecule has 3 aromatic rings. The first-order chi connectivity index (χ1) is 14.5. The summed E-state index contributed by atoms with van der Waals surface area (Å²) in [6.45, 7) is 1.69. The molecule has 7 heteroatoms. The maximum atomic E-state index is 13.3. The largest absolute Gasteiger partial charge is 0.323 e. The Balaban J connectivity index is 1.47. The smallest absolute Gasteiger partial charge is 0.258 e. The topological polar surface area (TPSA) is 82.6 Å². The van der Waals surface area contributed by atoms with Crippen molar-refractivity contribution in [3.05, 3.63) is 66.4 Å². The van der Waals surface area contributed by atoms with Gasteiger partial charge in [0.2, 0.25) is 11.8 Å². The van der Waals surface area contributed by atoms with Crippen LogP contribution in [0.25, 0.3) is 10.9 Å². The third-order valence-electron chi connectivity index (χ3n) is 5.95. The second kappa shape index (κ2) is 6.66. The molecule has 0 spiro atoms. The van der Waals surface area contributed by atoms with Crippen LogP contribution in [-0.4, -0.2) is 39.8 Å². The first-order valence-corrected chi connectivity index (χ1v) is 9.87. The van der Waals surface area contributed by atoms with E-state index in [0.29, 0.717) is 35.3 Å². The van der Waals surface area contributed by atoms with Gasteiger partial charge >= 0.3 is 0 Å². The number of hydrogen-bond acceptors (Lipinski definition) is 4. The average molecular weight is 400 g/mol. The summed E-state index contributed by atoms with van der Waals surface area (Å²) in [5.41, 5.74) is 1.46. The maximum absolute atomic E-state index is 13.3. The van der Waals surface area contributed by atoms with Crippen LogP contribution in [0.1, 0.15) is 30.1 Å². The maximum Gasteiger partial charge on any atom is 0.258 e. The van der Waals surface area contributed by atoms with Crippen molar-refractivity contribution in [2.75, 3.05) is 16.8 Å². The highest BCUT2D eigenvalue weighted by atomic mass is 16.2. The van der Waals surface area contributed by atoms with Crippen molar-refractivity contribution in [3.8, 4) is 0 Å². The Kier molecular flexibility index (Phi) is 4.06. The number of benzene rings is 2. The summed E-state index contributed by atoms with van der Waals surface area (Å²) in [5.74, 6) is -0.618. The van der Waals surface area contributed by atoms with Crippen molar-refractivity contribution in [3.63, 3.8) is 0 Å². The summed E-state index contributed by atoms with van der Waals surface area (Å²) in [6.07, 6.45) is 2.49. The lowest BCUT2D eigenvalue weighted by Gasteiger charge is -2.48. The van der Waals surface area contributed by atoms with Crippen LogP contribution >= 0.6 is 0 Å². The summed E-state index contributed by atoms with van der Waals surface area (Å²) >= 11 is 0. The Morgan fingerprint density at radius 1 is 1.10 bits per heavy atom. The van der Waals surface area contributed by atoms with Gasteiger partial charge in [-0.25, -0.2) is 0 Å². The molecule has 2 aliphatic rings. The quantitative estimate of drug-likeness (QED) is 0.732. The lowest BCUT2D eigenvalue weighted by molar-refractivity contribution is -0.120. The highest BCUT2D eigenvalue weighted by Gasteiger charge is 2.53. The number of carbonyl (C=O) groups excluding carboxylic acids is 3. The van der Waals surface area contributed by atoms with E-state index in [4.69, 9.17) is 0 Å². The van der Waals surface area contributed by atoms with Gasteiger partial charge in [0.15, 0.2) is 0 Å². The lowest BCUT2D eigenvalue weighted by atomic mass is 9.98. The first kappa shape index (κ1) is 18.3. The molecule has 3 heterocycles. The van der Waals surface area contributed by atoms with Gasteiger partial charge in [0.1, 0.15) is 12.2 Å². The number of nitrogens with zero attached hydrogens (tertiary/aromatic N) is 3. The minimum Gasteiger partial charge on any atom is -0.323 e. The zero-order valence-corrected chi connectivity index (χ0v) is 16.5. The highest BCUT2D eigenvalue weighted by molar-refractivity contribution is 6.11. The molecule has 5 rings (SSSR count). The van der Waals surface area contributed by atoms with Crippen LogP contribution < -0.4 is 10.2 Å². The number of rotatable bonds is 3. The second-order valence-corrected chi connectivity index (χ2v) is 7.78. The summed E-state index contributed by atoms with van der Waals surface area (Å²) < 4.78 is 0. The summed E-state index contributed by atoms with van der Waals surface area (Å²) in [7, 11) is 0. The first-order valence-electron chi connectivity index (χ1n) is 9.87. The van der Waals surface area contributed by atoms with Crippen LogP contribution in [-0.2, 0) is 9.59 Å². The van der Waals surface area contributed by atoms with Gasteiger partial charge in [0.25, 0.3) is 5.91 Å². The monoisotopic (exact) mass is 400 g/mol. The molecule has 7 nitrogen and oxygen atoms in total. The van der Waals surface area contributed by atoms with Gasteiger partial charge in [-0.1, -0.05) is 30.3 Å². The number of aromatic nitrogens is 1. The summed E-state index contributed by atoms with van der Waals surface area (Å²) in [5, 5.41) is 3.80. The van der Waals surface area contributed by atoms with E-state index in [-0.39, 0.29) is 24.3 Å². The lowest BCUT2D eigenvalue weighted by Crippen LogP contribution is -2.63. The van der Waals surface area contributed by atoms with Crippen LogP contribution in [0.2, 0.25) is 0 Å². The van der Waals surface area contributed by atoms with Gasteiger partial charge in [-0.2, -0.15) is 0 Å². The number of para-hydroxylation sites is 2. The third kappa shape index (κ3) is 2.66. The van der Waals surface area contributed by atoms with E-state index in [1.807, 2.05) is 37.3 Å². The van der Waals surface area contributed by atoms with E-state index in [1.54, 1.807) is 35.4 Å². The predicted octanol–water partition coefficient (Wildman–Crippen LogP) is 3.17. The normalized spacial score (nSPS) is 20.3. The molecule has 1 saturated heterocycles. The van der Waals surface area contributed by atoms with E-state index in [9.17, 15) is 14.4 Å². The average Bonchev–Trinajstić information content (AvgIpc) is 3.07. The standard InChI is InChI=1S/C23H20N4O3/c1-23-12-11-20(29)27(23)18-10-3-2-8-16(18)22(30)26(23)14-19(28)25-17-9-4-6-15-7-5-13-24-21(15)17/h2-10,13H,11-12,14H2,1H3,(H,25,28). The summed E-state index contributed by atoms with van der Waals surface area (Å²) in [4.78, 5) is 46.4. The Morgan fingerprint density at radius 2 is 1.90 bits per heavy atom.